The third-order valence-electron chi connectivity index (χ3n) is 7.30. The molecule has 2 aromatic carbocycles. The van der Waals surface area contributed by atoms with Gasteiger partial charge in [-0.3, -0.25) is 0 Å². The molecule has 2 saturated carbocycles. The number of hydrogen-bond acceptors (Lipinski definition) is 5. The summed E-state index contributed by atoms with van der Waals surface area (Å²) >= 11 is 1.67. The topological polar surface area (TPSA) is 47.0 Å². The lowest BCUT2D eigenvalue weighted by Crippen LogP contribution is -2.67. The van der Waals surface area contributed by atoms with E-state index in [1.165, 1.54) is 16.8 Å². The number of rotatable bonds is 7. The number of nitrogens with one attached hydrogen (secondary N) is 1. The normalized spacial score (nSPS) is 24.4. The predicted molar refractivity (Wildman–Crippen MR) is 140 cm³/mol. The fourth-order valence-corrected chi connectivity index (χ4v) is 10.7. The Bertz CT molecular complexity index is 1030. The van der Waals surface area contributed by atoms with Crippen LogP contribution >= 0.6 is 11.8 Å². The van der Waals surface area contributed by atoms with Gasteiger partial charge in [-0.25, -0.2) is 9.97 Å². The van der Waals surface area contributed by atoms with Crippen molar-refractivity contribution < 1.29 is 4.43 Å². The van der Waals surface area contributed by atoms with E-state index in [1.54, 1.807) is 11.8 Å². The molecule has 2 aliphatic carbocycles. The summed E-state index contributed by atoms with van der Waals surface area (Å²) in [6.07, 6.45) is 8.33. The van der Waals surface area contributed by atoms with Crippen LogP contribution in [-0.2, 0) is 4.43 Å². The van der Waals surface area contributed by atoms with Crippen molar-refractivity contribution in [2.45, 2.75) is 55.7 Å². The molecule has 0 bridgehead atoms. The van der Waals surface area contributed by atoms with Crippen LogP contribution in [0.3, 0.4) is 0 Å². The maximum Gasteiger partial charge on any atom is 0.261 e. The van der Waals surface area contributed by atoms with Gasteiger partial charge in [0, 0.05) is 23.3 Å². The van der Waals surface area contributed by atoms with Crippen molar-refractivity contribution in [2.24, 2.45) is 11.8 Å². The predicted octanol–water partition coefficient (Wildman–Crippen LogP) is 4.96. The molecule has 0 unspecified atom stereocenters. The van der Waals surface area contributed by atoms with Crippen LogP contribution in [0.15, 0.2) is 78.0 Å². The molecule has 1 heterocycles. The molecule has 1 N–H and O–H groups in total. The lowest BCUT2D eigenvalue weighted by atomic mass is 10.1. The quantitative estimate of drug-likeness (QED) is 0.386. The van der Waals surface area contributed by atoms with Crippen LogP contribution in [-0.4, -0.2) is 36.7 Å². The van der Waals surface area contributed by atoms with E-state index < -0.39 is 8.32 Å². The van der Waals surface area contributed by atoms with Crippen LogP contribution in [0.25, 0.3) is 0 Å². The SMILES string of the molecule is CSc1cnc(N[C@@H]2C[C@H](O[Si](c3ccccc3)(c3ccccc3)C(C)(C)C)[C@H]3C[C@H]32)nc1. The summed E-state index contributed by atoms with van der Waals surface area (Å²) in [6, 6.07) is 22.3. The van der Waals surface area contributed by atoms with Crippen molar-refractivity contribution in [3.8, 4) is 0 Å². The van der Waals surface area contributed by atoms with Gasteiger partial charge in [-0.2, -0.15) is 0 Å². The third kappa shape index (κ3) is 4.24. The van der Waals surface area contributed by atoms with Gasteiger partial charge in [0.05, 0.1) is 6.10 Å². The van der Waals surface area contributed by atoms with Crippen LogP contribution in [0.5, 0.6) is 0 Å². The zero-order chi connectivity index (χ0) is 23.1. The first kappa shape index (κ1) is 22.6. The van der Waals surface area contributed by atoms with Gasteiger partial charge in [-0.15, -0.1) is 11.8 Å². The molecule has 4 nitrogen and oxygen atoms in total. The maximum absolute atomic E-state index is 7.45. The summed E-state index contributed by atoms with van der Waals surface area (Å²) in [5.41, 5.74) is 0. The molecule has 33 heavy (non-hydrogen) atoms. The molecule has 5 rings (SSSR count). The first-order valence-electron chi connectivity index (χ1n) is 11.8. The zero-order valence-electron chi connectivity index (χ0n) is 19.9. The Kier molecular flexibility index (Phi) is 6.10. The van der Waals surface area contributed by atoms with Gasteiger partial charge in [0.25, 0.3) is 8.32 Å². The van der Waals surface area contributed by atoms with Crippen molar-refractivity contribution in [2.75, 3.05) is 11.6 Å². The molecule has 2 fully saturated rings. The highest BCUT2D eigenvalue weighted by Crippen LogP contribution is 2.55. The van der Waals surface area contributed by atoms with Gasteiger partial charge >= 0.3 is 0 Å². The summed E-state index contributed by atoms with van der Waals surface area (Å²) in [6.45, 7) is 7.07. The average Bonchev–Trinajstić information content (AvgIpc) is 3.56. The molecular weight excluding hydrogens is 442 g/mol. The van der Waals surface area contributed by atoms with E-state index in [0.29, 0.717) is 17.9 Å². The standard InChI is InChI=1S/C27H33N3OSSi/c1-27(2,3)33(20-11-7-5-8-12-20,21-13-9-6-10-14-21)31-25-16-24(22-15-23(22)25)30-26-28-17-19(32-4)18-29-26/h5-14,17-18,22-25H,15-16H2,1-4H3,(H,28,29,30)/t22-,23+,24-,25+/m1/s1. The summed E-state index contributed by atoms with van der Waals surface area (Å²) in [4.78, 5) is 10.1. The van der Waals surface area contributed by atoms with Gasteiger partial charge < -0.3 is 9.74 Å². The monoisotopic (exact) mass is 475 g/mol. The Morgan fingerprint density at radius 3 is 1.97 bits per heavy atom. The van der Waals surface area contributed by atoms with E-state index in [4.69, 9.17) is 4.43 Å². The average molecular weight is 476 g/mol. The highest BCUT2D eigenvalue weighted by atomic mass is 32.2. The molecule has 3 aromatic rings. The van der Waals surface area contributed by atoms with Gasteiger partial charge in [-0.05, 0) is 46.3 Å². The second-order valence-corrected chi connectivity index (χ2v) is 15.4. The third-order valence-corrected chi connectivity index (χ3v) is 13.0. The van der Waals surface area contributed by atoms with Gasteiger partial charge in [0.1, 0.15) is 0 Å². The van der Waals surface area contributed by atoms with E-state index >= 15 is 0 Å². The lowest BCUT2D eigenvalue weighted by Gasteiger charge is -2.45. The maximum atomic E-state index is 7.45. The minimum atomic E-state index is -2.53. The fraction of sp³-hybridized carbons (Fsp3) is 0.407. The molecule has 0 aliphatic heterocycles. The van der Waals surface area contributed by atoms with Gasteiger partial charge in [0.15, 0.2) is 0 Å². The molecule has 0 saturated heterocycles. The van der Waals surface area contributed by atoms with Crippen LogP contribution in [0.4, 0.5) is 5.95 Å². The summed E-state index contributed by atoms with van der Waals surface area (Å²) in [5, 5.41) is 6.33. The fourth-order valence-electron chi connectivity index (χ4n) is 5.61. The smallest absolute Gasteiger partial charge is 0.261 e. The number of thioether (sulfide) groups is 1. The summed E-state index contributed by atoms with van der Waals surface area (Å²) in [7, 11) is -2.53. The lowest BCUT2D eigenvalue weighted by molar-refractivity contribution is 0.171. The number of benzene rings is 2. The minimum absolute atomic E-state index is 0.00235. The molecule has 2 aliphatic rings. The molecule has 0 radical (unpaired) electrons. The van der Waals surface area contributed by atoms with Crippen LogP contribution in [0, 0.1) is 11.8 Å². The molecule has 4 atom stereocenters. The van der Waals surface area contributed by atoms with Crippen LogP contribution in [0.1, 0.15) is 33.6 Å². The number of anilines is 1. The summed E-state index contributed by atoms with van der Waals surface area (Å²) < 4.78 is 7.45. The number of fused-ring (bicyclic) bond motifs is 1. The summed E-state index contributed by atoms with van der Waals surface area (Å²) in [5.74, 6) is 2.00. The molecule has 1 aromatic heterocycles. The Morgan fingerprint density at radius 1 is 0.879 bits per heavy atom. The van der Waals surface area contributed by atoms with Crippen molar-refractivity contribution in [1.82, 2.24) is 9.97 Å². The molecule has 0 spiro atoms. The first-order valence-corrected chi connectivity index (χ1v) is 15.0. The zero-order valence-corrected chi connectivity index (χ0v) is 21.7. The number of hydrogen-bond donors (Lipinski definition) is 1. The number of nitrogens with zero attached hydrogens (tertiary/aromatic N) is 2. The minimum Gasteiger partial charge on any atom is -0.404 e. The van der Waals surface area contributed by atoms with Crippen molar-refractivity contribution >= 4 is 36.4 Å². The first-order chi connectivity index (χ1) is 15.9. The Hall–Kier alpha value is -2.15. The van der Waals surface area contributed by atoms with Crippen molar-refractivity contribution in [1.29, 1.82) is 0 Å². The largest absolute Gasteiger partial charge is 0.404 e. The van der Waals surface area contributed by atoms with E-state index in [1.807, 2.05) is 18.6 Å². The Labute approximate surface area is 202 Å². The van der Waals surface area contributed by atoms with Gasteiger partial charge in [-0.1, -0.05) is 81.4 Å². The van der Waals surface area contributed by atoms with Crippen LogP contribution in [0.2, 0.25) is 5.04 Å². The Morgan fingerprint density at radius 2 is 1.45 bits per heavy atom. The van der Waals surface area contributed by atoms with Crippen molar-refractivity contribution in [3.63, 3.8) is 0 Å². The molecular formula is C27H33N3OSSi. The molecule has 6 heteroatoms. The van der Waals surface area contributed by atoms with E-state index in [2.05, 4.69) is 96.7 Å². The Balaban J connectivity index is 1.44. The van der Waals surface area contributed by atoms with E-state index in [9.17, 15) is 0 Å². The highest BCUT2D eigenvalue weighted by molar-refractivity contribution is 7.98. The molecule has 172 valence electrons. The highest BCUT2D eigenvalue weighted by Gasteiger charge is 2.59. The van der Waals surface area contributed by atoms with Gasteiger partial charge in [0.2, 0.25) is 5.95 Å². The number of aromatic nitrogens is 2. The second kappa shape index (κ2) is 8.89. The second-order valence-electron chi connectivity index (χ2n) is 10.3. The van der Waals surface area contributed by atoms with Crippen molar-refractivity contribution in [3.05, 3.63) is 73.1 Å². The van der Waals surface area contributed by atoms with Crippen LogP contribution < -0.4 is 15.7 Å². The molecule has 0 amide bonds. The van der Waals surface area contributed by atoms with E-state index in [0.717, 1.165) is 17.3 Å². The van der Waals surface area contributed by atoms with E-state index in [-0.39, 0.29) is 11.1 Å².